The van der Waals surface area contributed by atoms with Gasteiger partial charge in [0.05, 0.1) is 6.26 Å². The summed E-state index contributed by atoms with van der Waals surface area (Å²) in [5.41, 5.74) is 3.56. The summed E-state index contributed by atoms with van der Waals surface area (Å²) in [5.74, 6) is -0.224. The van der Waals surface area contributed by atoms with Crippen LogP contribution in [0.5, 0.6) is 0 Å². The molecule has 2 N–H and O–H groups in total. The lowest BCUT2D eigenvalue weighted by molar-refractivity contribution is -0.111. The highest BCUT2D eigenvalue weighted by atomic mass is 32.2. The van der Waals surface area contributed by atoms with Crippen molar-refractivity contribution < 1.29 is 13.2 Å². The van der Waals surface area contributed by atoms with Crippen LogP contribution in [-0.4, -0.2) is 20.6 Å². The van der Waals surface area contributed by atoms with E-state index in [-0.39, 0.29) is 12.5 Å². The molecule has 0 radical (unpaired) electrons. The summed E-state index contributed by atoms with van der Waals surface area (Å²) in [6.45, 7) is 2.22. The van der Waals surface area contributed by atoms with Crippen molar-refractivity contribution in [1.82, 2.24) is 4.72 Å². The third-order valence-electron chi connectivity index (χ3n) is 3.23. The second-order valence-corrected chi connectivity index (χ2v) is 7.36. The van der Waals surface area contributed by atoms with Gasteiger partial charge in [-0.25, -0.2) is 13.1 Å². The summed E-state index contributed by atoms with van der Waals surface area (Å²) in [5, 5.41) is 2.76. The Morgan fingerprint density at radius 2 is 1.83 bits per heavy atom. The highest BCUT2D eigenvalue weighted by Gasteiger charge is 2.02. The Balaban J connectivity index is 1.92. The normalized spacial score (nSPS) is 11.6. The van der Waals surface area contributed by atoms with E-state index in [4.69, 9.17) is 0 Å². The molecule has 2 rings (SSSR count). The minimum Gasteiger partial charge on any atom is -0.323 e. The van der Waals surface area contributed by atoms with E-state index in [0.717, 1.165) is 22.9 Å². The van der Waals surface area contributed by atoms with Gasteiger partial charge in [0.25, 0.3) is 0 Å². The zero-order valence-corrected chi connectivity index (χ0v) is 14.4. The number of carbonyl (C=O) groups excluding carboxylic acids is 1. The molecule has 0 aliphatic rings. The van der Waals surface area contributed by atoms with Crippen LogP contribution in [0.3, 0.4) is 0 Å². The first kappa shape index (κ1) is 17.9. The molecule has 24 heavy (non-hydrogen) atoms. The largest absolute Gasteiger partial charge is 0.323 e. The monoisotopic (exact) mass is 344 g/mol. The highest BCUT2D eigenvalue weighted by molar-refractivity contribution is 7.88. The second kappa shape index (κ2) is 7.90. The quantitative estimate of drug-likeness (QED) is 0.791. The van der Waals surface area contributed by atoms with Crippen molar-refractivity contribution in [2.75, 3.05) is 11.6 Å². The van der Waals surface area contributed by atoms with Gasteiger partial charge in [-0.05, 0) is 36.3 Å². The molecule has 126 valence electrons. The van der Waals surface area contributed by atoms with Crippen LogP contribution >= 0.6 is 0 Å². The number of rotatable bonds is 6. The van der Waals surface area contributed by atoms with Crippen molar-refractivity contribution in [3.63, 3.8) is 0 Å². The van der Waals surface area contributed by atoms with Gasteiger partial charge in [-0.3, -0.25) is 4.79 Å². The van der Waals surface area contributed by atoms with E-state index >= 15 is 0 Å². The van der Waals surface area contributed by atoms with Crippen molar-refractivity contribution in [1.29, 1.82) is 0 Å². The maximum absolute atomic E-state index is 11.9. The first-order valence-electron chi connectivity index (χ1n) is 7.41. The lowest BCUT2D eigenvalue weighted by Gasteiger charge is -2.05. The van der Waals surface area contributed by atoms with Crippen LogP contribution in [0.15, 0.2) is 54.6 Å². The van der Waals surface area contributed by atoms with Gasteiger partial charge in [0.2, 0.25) is 15.9 Å². The van der Waals surface area contributed by atoms with Crippen LogP contribution in [0.25, 0.3) is 6.08 Å². The van der Waals surface area contributed by atoms with Gasteiger partial charge in [0, 0.05) is 18.3 Å². The summed E-state index contributed by atoms with van der Waals surface area (Å²) >= 11 is 0. The van der Waals surface area contributed by atoms with Crippen molar-refractivity contribution in [2.45, 2.75) is 13.5 Å². The topological polar surface area (TPSA) is 75.3 Å². The summed E-state index contributed by atoms with van der Waals surface area (Å²) in [7, 11) is -3.22. The van der Waals surface area contributed by atoms with Crippen LogP contribution in [0.4, 0.5) is 5.69 Å². The fourth-order valence-corrected chi connectivity index (χ4v) is 2.48. The molecule has 0 atom stereocenters. The molecule has 5 nitrogen and oxygen atoms in total. The van der Waals surface area contributed by atoms with Crippen LogP contribution in [0.1, 0.15) is 16.7 Å². The van der Waals surface area contributed by atoms with Crippen LogP contribution < -0.4 is 10.0 Å². The molecule has 2 aromatic carbocycles. The summed E-state index contributed by atoms with van der Waals surface area (Å²) in [4.78, 5) is 11.9. The molecule has 0 aliphatic heterocycles. The molecule has 6 heteroatoms. The first-order valence-corrected chi connectivity index (χ1v) is 9.30. The second-order valence-electron chi connectivity index (χ2n) is 5.53. The van der Waals surface area contributed by atoms with Crippen LogP contribution in [0.2, 0.25) is 0 Å². The zero-order valence-electron chi connectivity index (χ0n) is 13.6. The maximum Gasteiger partial charge on any atom is 0.248 e. The van der Waals surface area contributed by atoms with E-state index in [2.05, 4.69) is 10.0 Å². The number of sulfonamides is 1. The molecule has 0 bridgehead atoms. The number of aryl methyl sites for hydroxylation is 1. The number of nitrogens with one attached hydrogen (secondary N) is 2. The zero-order chi connectivity index (χ0) is 17.6. The van der Waals surface area contributed by atoms with Crippen molar-refractivity contribution >= 4 is 27.7 Å². The standard InChI is InChI=1S/C18H20N2O3S/c1-14-4-3-5-15(12-14)8-11-18(21)20-17-9-6-16(7-10-17)13-19-24(2,22)23/h3-12,19H,13H2,1-2H3,(H,20,21)/b11-8-. The smallest absolute Gasteiger partial charge is 0.248 e. The fourth-order valence-electron chi connectivity index (χ4n) is 2.05. The molecular weight excluding hydrogens is 324 g/mol. The van der Waals surface area contributed by atoms with Gasteiger partial charge in [0.1, 0.15) is 0 Å². The highest BCUT2D eigenvalue weighted by Crippen LogP contribution is 2.10. The fraction of sp³-hybridized carbons (Fsp3) is 0.167. The van der Waals surface area contributed by atoms with Gasteiger partial charge in [-0.1, -0.05) is 42.0 Å². The van der Waals surface area contributed by atoms with Crippen LogP contribution in [0, 0.1) is 6.92 Å². The average molecular weight is 344 g/mol. The molecule has 0 fully saturated rings. The Kier molecular flexibility index (Phi) is 5.89. The van der Waals surface area contributed by atoms with Gasteiger partial charge < -0.3 is 5.32 Å². The van der Waals surface area contributed by atoms with Crippen molar-refractivity contribution in [3.05, 3.63) is 71.3 Å². The molecule has 0 saturated heterocycles. The van der Waals surface area contributed by atoms with Crippen molar-refractivity contribution in [2.24, 2.45) is 0 Å². The van der Waals surface area contributed by atoms with E-state index < -0.39 is 10.0 Å². The average Bonchev–Trinajstić information content (AvgIpc) is 2.52. The summed E-state index contributed by atoms with van der Waals surface area (Å²) in [6.07, 6.45) is 4.35. The van der Waals surface area contributed by atoms with Gasteiger partial charge in [-0.15, -0.1) is 0 Å². The molecule has 1 amide bonds. The van der Waals surface area contributed by atoms with E-state index in [1.165, 1.54) is 6.08 Å². The van der Waals surface area contributed by atoms with Gasteiger partial charge in [-0.2, -0.15) is 0 Å². The summed E-state index contributed by atoms with van der Waals surface area (Å²) < 4.78 is 24.5. The minimum absolute atomic E-state index is 0.223. The lowest BCUT2D eigenvalue weighted by atomic mass is 10.1. The predicted octanol–water partition coefficient (Wildman–Crippen LogP) is 2.70. The summed E-state index contributed by atoms with van der Waals surface area (Å²) in [6, 6.07) is 14.9. The molecule has 0 aliphatic carbocycles. The number of amides is 1. The third-order valence-corrected chi connectivity index (χ3v) is 3.90. The number of hydrogen-bond donors (Lipinski definition) is 2. The molecular formula is C18H20N2O3S. The Hall–Kier alpha value is -2.44. The SMILES string of the molecule is Cc1cccc(/C=C\C(=O)Nc2ccc(CNS(C)(=O)=O)cc2)c1. The number of benzene rings is 2. The lowest BCUT2D eigenvalue weighted by Crippen LogP contribution is -2.21. The molecule has 2 aromatic rings. The molecule has 0 heterocycles. The Morgan fingerprint density at radius 1 is 1.12 bits per heavy atom. The maximum atomic E-state index is 11.9. The van der Waals surface area contributed by atoms with Gasteiger partial charge in [0.15, 0.2) is 0 Å². The van der Waals surface area contributed by atoms with E-state index in [1.807, 2.05) is 31.2 Å². The molecule has 0 unspecified atom stereocenters. The third kappa shape index (κ3) is 6.36. The number of carbonyl (C=O) groups is 1. The Labute approximate surface area is 142 Å². The first-order chi connectivity index (χ1) is 11.3. The van der Waals surface area contributed by atoms with Crippen LogP contribution in [-0.2, 0) is 21.4 Å². The van der Waals surface area contributed by atoms with E-state index in [0.29, 0.717) is 5.69 Å². The molecule has 0 aromatic heterocycles. The molecule has 0 saturated carbocycles. The van der Waals surface area contributed by atoms with E-state index in [1.54, 1.807) is 30.3 Å². The van der Waals surface area contributed by atoms with E-state index in [9.17, 15) is 13.2 Å². The number of hydrogen-bond acceptors (Lipinski definition) is 3. The van der Waals surface area contributed by atoms with Crippen molar-refractivity contribution in [3.8, 4) is 0 Å². The number of anilines is 1. The Morgan fingerprint density at radius 3 is 2.46 bits per heavy atom. The predicted molar refractivity (Wildman–Crippen MR) is 97.0 cm³/mol. The Bertz CT molecular complexity index is 841. The minimum atomic E-state index is -3.22. The van der Waals surface area contributed by atoms with Gasteiger partial charge >= 0.3 is 0 Å². The molecule has 0 spiro atoms.